The number of carboxylic acid groups (broad SMARTS) is 2. The molecule has 3 heterocycles. The lowest BCUT2D eigenvalue weighted by Crippen LogP contribution is -2.35. The maximum Gasteiger partial charge on any atom is 0.323 e. The van der Waals surface area contributed by atoms with Crippen molar-refractivity contribution >= 4 is 28.9 Å². The molecule has 2 aromatic rings. The number of ether oxygens (including phenoxy) is 1. The van der Waals surface area contributed by atoms with Crippen LogP contribution in [0.4, 0.5) is 5.82 Å². The highest BCUT2D eigenvalue weighted by atomic mass is 16.6. The number of nitrogens with zero attached hydrogens (tertiary/aromatic N) is 5. The number of fused-ring (bicyclic) bond motifs is 1. The third-order valence-corrected chi connectivity index (χ3v) is 4.08. The number of aliphatic hydroxyl groups is 3. The van der Waals surface area contributed by atoms with Crippen molar-refractivity contribution in [3.8, 4) is 0 Å². The van der Waals surface area contributed by atoms with Crippen molar-refractivity contribution < 1.29 is 39.9 Å². The topological polar surface area (TPSA) is 191 Å². The Kier molecular flexibility index (Phi) is 5.18. The predicted octanol–water partition coefficient (Wildman–Crippen LogP) is -2.59. The van der Waals surface area contributed by atoms with E-state index in [0.29, 0.717) is 0 Å². The summed E-state index contributed by atoms with van der Waals surface area (Å²) in [5.41, 5.74) is 0.230. The van der Waals surface area contributed by atoms with E-state index < -0.39 is 56.2 Å². The fraction of sp³-hybridized carbons (Fsp3) is 0.500. The van der Waals surface area contributed by atoms with Crippen LogP contribution in [0.25, 0.3) is 11.2 Å². The van der Waals surface area contributed by atoms with Crippen LogP contribution in [0.15, 0.2) is 12.7 Å². The number of hydrogen-bond donors (Lipinski definition) is 5. The lowest BCUT2D eigenvalue weighted by molar-refractivity contribution is -0.136. The first-order chi connectivity index (χ1) is 12.8. The van der Waals surface area contributed by atoms with Gasteiger partial charge in [-0.1, -0.05) is 0 Å². The van der Waals surface area contributed by atoms with Crippen molar-refractivity contribution in [3.63, 3.8) is 0 Å². The molecule has 146 valence electrons. The Hall–Kier alpha value is -2.87. The molecule has 13 heteroatoms. The Morgan fingerprint density at radius 3 is 2.33 bits per heavy atom. The quantitative estimate of drug-likeness (QED) is 0.336. The summed E-state index contributed by atoms with van der Waals surface area (Å²) in [6.07, 6.45) is -2.46. The number of hydrogen-bond acceptors (Lipinski definition) is 10. The minimum atomic E-state index is -1.37. The number of aliphatic carboxylic acids is 2. The highest BCUT2D eigenvalue weighted by Gasteiger charge is 2.44. The van der Waals surface area contributed by atoms with Gasteiger partial charge in [0.15, 0.2) is 23.2 Å². The van der Waals surface area contributed by atoms with E-state index in [2.05, 4.69) is 15.0 Å². The van der Waals surface area contributed by atoms with E-state index in [1.807, 2.05) is 0 Å². The van der Waals surface area contributed by atoms with Crippen molar-refractivity contribution in [3.05, 3.63) is 12.7 Å². The maximum absolute atomic E-state index is 11.1. The number of carboxylic acids is 2. The van der Waals surface area contributed by atoms with E-state index in [9.17, 15) is 24.9 Å². The summed E-state index contributed by atoms with van der Waals surface area (Å²) < 4.78 is 6.72. The van der Waals surface area contributed by atoms with E-state index in [4.69, 9.17) is 14.9 Å². The molecule has 0 radical (unpaired) electrons. The molecule has 0 saturated carbocycles. The third kappa shape index (κ3) is 3.52. The molecule has 0 aromatic carbocycles. The average Bonchev–Trinajstić information content (AvgIpc) is 3.15. The average molecular weight is 383 g/mol. The molecular weight excluding hydrogens is 366 g/mol. The van der Waals surface area contributed by atoms with E-state index >= 15 is 0 Å². The van der Waals surface area contributed by atoms with Crippen LogP contribution in [0.2, 0.25) is 0 Å². The first-order valence-electron chi connectivity index (χ1n) is 7.82. The molecule has 4 atom stereocenters. The molecule has 0 spiro atoms. The Morgan fingerprint density at radius 1 is 1.11 bits per heavy atom. The molecule has 1 saturated heterocycles. The molecule has 1 aliphatic rings. The monoisotopic (exact) mass is 383 g/mol. The lowest BCUT2D eigenvalue weighted by atomic mass is 10.1. The van der Waals surface area contributed by atoms with Crippen molar-refractivity contribution in [1.82, 2.24) is 19.5 Å². The number of aliphatic hydroxyl groups excluding tert-OH is 3. The highest BCUT2D eigenvalue weighted by Crippen LogP contribution is 2.32. The van der Waals surface area contributed by atoms with Crippen molar-refractivity contribution in [2.75, 3.05) is 24.6 Å². The molecule has 3 rings (SSSR count). The zero-order valence-electron chi connectivity index (χ0n) is 13.8. The van der Waals surface area contributed by atoms with Crippen molar-refractivity contribution in [1.29, 1.82) is 0 Å². The zero-order valence-corrected chi connectivity index (χ0v) is 13.8. The molecular formula is C14H17N5O8. The van der Waals surface area contributed by atoms with Crippen LogP contribution < -0.4 is 4.90 Å². The Labute approximate surface area is 151 Å². The van der Waals surface area contributed by atoms with Gasteiger partial charge in [-0.15, -0.1) is 0 Å². The number of rotatable bonds is 7. The largest absolute Gasteiger partial charge is 0.480 e. The van der Waals surface area contributed by atoms with Gasteiger partial charge in [0.25, 0.3) is 0 Å². The summed E-state index contributed by atoms with van der Waals surface area (Å²) >= 11 is 0. The summed E-state index contributed by atoms with van der Waals surface area (Å²) in [6, 6.07) is 0. The van der Waals surface area contributed by atoms with Crippen LogP contribution in [0.5, 0.6) is 0 Å². The first-order valence-corrected chi connectivity index (χ1v) is 7.82. The Bertz CT molecular complexity index is 841. The van der Waals surface area contributed by atoms with Gasteiger partial charge in [0.05, 0.1) is 12.9 Å². The highest BCUT2D eigenvalue weighted by molar-refractivity contribution is 5.88. The smallest absolute Gasteiger partial charge is 0.323 e. The van der Waals surface area contributed by atoms with E-state index in [-0.39, 0.29) is 17.0 Å². The molecule has 13 nitrogen and oxygen atoms in total. The summed E-state index contributed by atoms with van der Waals surface area (Å²) in [5, 5.41) is 47.3. The van der Waals surface area contributed by atoms with Gasteiger partial charge < -0.3 is 35.2 Å². The number of anilines is 1. The van der Waals surface area contributed by atoms with Crippen LogP contribution >= 0.6 is 0 Å². The summed E-state index contributed by atoms with van der Waals surface area (Å²) in [7, 11) is 0. The van der Waals surface area contributed by atoms with Gasteiger partial charge in [-0.3, -0.25) is 14.2 Å². The van der Waals surface area contributed by atoms with Gasteiger partial charge in [0, 0.05) is 0 Å². The molecule has 2 aromatic heterocycles. The van der Waals surface area contributed by atoms with Gasteiger partial charge in [-0.2, -0.15) is 0 Å². The maximum atomic E-state index is 11.1. The van der Waals surface area contributed by atoms with E-state index in [0.717, 1.165) is 11.2 Å². The second-order valence-corrected chi connectivity index (χ2v) is 5.89. The number of imidazole rings is 1. The van der Waals surface area contributed by atoms with Crippen LogP contribution in [0, 0.1) is 0 Å². The van der Waals surface area contributed by atoms with Crippen LogP contribution in [0.1, 0.15) is 6.23 Å². The Balaban J connectivity index is 2.01. The van der Waals surface area contributed by atoms with Crippen LogP contribution in [-0.2, 0) is 14.3 Å². The van der Waals surface area contributed by atoms with Crippen molar-refractivity contribution in [2.24, 2.45) is 0 Å². The van der Waals surface area contributed by atoms with E-state index in [1.54, 1.807) is 0 Å². The minimum Gasteiger partial charge on any atom is -0.480 e. The molecule has 0 unspecified atom stereocenters. The van der Waals surface area contributed by atoms with Crippen LogP contribution in [-0.4, -0.2) is 95.0 Å². The van der Waals surface area contributed by atoms with Gasteiger partial charge in [0.1, 0.15) is 37.7 Å². The molecule has 5 N–H and O–H groups in total. The standard InChI is InChI=1S/C14H17N5O8/c20-3-6-10(25)11(26)14(27-6)19-5-17-9-12(15-4-16-13(9)19)18(1-7(21)22)2-8(23)24/h4-6,10-11,14,20,25-26H,1-3H2,(H,21,22)(H,23,24)/t6-,10-,11-,14-/m1/s1. The normalized spacial score (nSPS) is 25.0. The number of carbonyl (C=O) groups is 2. The van der Waals surface area contributed by atoms with E-state index in [1.165, 1.54) is 10.9 Å². The molecule has 0 amide bonds. The fourth-order valence-electron chi connectivity index (χ4n) is 2.90. The van der Waals surface area contributed by atoms with Gasteiger partial charge in [0.2, 0.25) is 0 Å². The molecule has 0 bridgehead atoms. The van der Waals surface area contributed by atoms with Crippen molar-refractivity contribution in [2.45, 2.75) is 24.5 Å². The predicted molar refractivity (Wildman–Crippen MR) is 85.8 cm³/mol. The number of aromatic nitrogens is 4. The zero-order chi connectivity index (χ0) is 19.7. The fourth-order valence-corrected chi connectivity index (χ4v) is 2.90. The van der Waals surface area contributed by atoms with Gasteiger partial charge >= 0.3 is 11.9 Å². The van der Waals surface area contributed by atoms with Gasteiger partial charge in [-0.05, 0) is 0 Å². The molecule has 27 heavy (non-hydrogen) atoms. The third-order valence-electron chi connectivity index (χ3n) is 4.08. The first kappa shape index (κ1) is 18.9. The molecule has 1 aliphatic heterocycles. The SMILES string of the molecule is O=C(O)CN(CC(=O)O)c1ncnc2c1ncn2[C@@H]1O[C@H](CO)[C@@H](O)[C@H]1O. The summed E-state index contributed by atoms with van der Waals surface area (Å²) in [5.74, 6) is -2.54. The van der Waals surface area contributed by atoms with Crippen LogP contribution in [0.3, 0.4) is 0 Å². The second kappa shape index (κ2) is 7.40. The molecule has 0 aliphatic carbocycles. The Morgan fingerprint density at radius 2 is 1.78 bits per heavy atom. The lowest BCUT2D eigenvalue weighted by Gasteiger charge is -2.20. The minimum absolute atomic E-state index is 0.0182. The second-order valence-electron chi connectivity index (χ2n) is 5.89. The van der Waals surface area contributed by atoms with Gasteiger partial charge in [-0.25, -0.2) is 15.0 Å². The molecule has 1 fully saturated rings. The summed E-state index contributed by atoms with van der Waals surface area (Å²) in [6.45, 7) is -1.76. The summed E-state index contributed by atoms with van der Waals surface area (Å²) in [4.78, 5) is 35.2.